The van der Waals surface area contributed by atoms with Gasteiger partial charge < -0.3 is 14.7 Å². The summed E-state index contributed by atoms with van der Waals surface area (Å²) in [4.78, 5) is 29.6. The maximum atomic E-state index is 12.6. The summed E-state index contributed by atoms with van der Waals surface area (Å²) >= 11 is 0. The van der Waals surface area contributed by atoms with Gasteiger partial charge in [-0.3, -0.25) is 9.78 Å². The molecule has 20 heavy (non-hydrogen) atoms. The van der Waals surface area contributed by atoms with Crippen molar-refractivity contribution < 1.29 is 19.4 Å². The number of carboxylic acid groups (broad SMARTS) is 1. The highest BCUT2D eigenvalue weighted by molar-refractivity contribution is 5.98. The molecule has 1 aliphatic rings. The van der Waals surface area contributed by atoms with Crippen molar-refractivity contribution in [2.45, 2.75) is 25.3 Å². The van der Waals surface area contributed by atoms with Gasteiger partial charge >= 0.3 is 5.97 Å². The Kier molecular flexibility index (Phi) is 4.04. The fourth-order valence-electron chi connectivity index (χ4n) is 2.68. The van der Waals surface area contributed by atoms with Crippen molar-refractivity contribution in [3.8, 4) is 0 Å². The molecule has 0 aliphatic carbocycles. The number of carboxylic acids is 1. The van der Waals surface area contributed by atoms with Crippen LogP contribution in [0.3, 0.4) is 0 Å². The summed E-state index contributed by atoms with van der Waals surface area (Å²) in [6, 6.07) is 1.72. The van der Waals surface area contributed by atoms with Gasteiger partial charge in [0.25, 0.3) is 5.91 Å². The number of hydrogen-bond donors (Lipinski definition) is 1. The van der Waals surface area contributed by atoms with Crippen LogP contribution in [0, 0.1) is 6.92 Å². The quantitative estimate of drug-likeness (QED) is 0.892. The van der Waals surface area contributed by atoms with Gasteiger partial charge in [0.15, 0.2) is 5.54 Å². The molecular formula is C14H18N2O4. The number of carbonyl (C=O) groups is 2. The largest absolute Gasteiger partial charge is 0.479 e. The molecular weight excluding hydrogens is 260 g/mol. The Labute approximate surface area is 117 Å². The lowest BCUT2D eigenvalue weighted by Crippen LogP contribution is -2.56. The number of hydrogen-bond acceptors (Lipinski definition) is 4. The van der Waals surface area contributed by atoms with Crippen LogP contribution >= 0.6 is 0 Å². The van der Waals surface area contributed by atoms with Crippen LogP contribution in [-0.4, -0.2) is 52.7 Å². The van der Waals surface area contributed by atoms with Gasteiger partial charge in [-0.25, -0.2) is 4.79 Å². The minimum absolute atomic E-state index is 0.00663. The van der Waals surface area contributed by atoms with Crippen LogP contribution in [0.25, 0.3) is 0 Å². The van der Waals surface area contributed by atoms with Crippen LogP contribution in [-0.2, 0) is 9.53 Å². The summed E-state index contributed by atoms with van der Waals surface area (Å²) in [5, 5.41) is 9.53. The summed E-state index contributed by atoms with van der Waals surface area (Å²) < 4.78 is 5.04. The molecule has 6 heteroatoms. The first-order valence-corrected chi connectivity index (χ1v) is 6.47. The van der Waals surface area contributed by atoms with E-state index < -0.39 is 11.5 Å². The van der Waals surface area contributed by atoms with E-state index in [4.69, 9.17) is 4.74 Å². The fraction of sp³-hybridized carbons (Fsp3) is 0.500. The van der Waals surface area contributed by atoms with E-state index >= 15 is 0 Å². The zero-order valence-electron chi connectivity index (χ0n) is 11.6. The predicted molar refractivity (Wildman–Crippen MR) is 71.5 cm³/mol. The molecule has 1 amide bonds. The highest BCUT2D eigenvalue weighted by Gasteiger charge is 2.50. The minimum Gasteiger partial charge on any atom is -0.479 e. The number of rotatable bonds is 4. The molecule has 0 spiro atoms. The van der Waals surface area contributed by atoms with Gasteiger partial charge in [0.1, 0.15) is 0 Å². The molecule has 1 unspecified atom stereocenters. The lowest BCUT2D eigenvalue weighted by molar-refractivity contribution is -0.151. The van der Waals surface area contributed by atoms with Crippen LogP contribution < -0.4 is 0 Å². The van der Waals surface area contributed by atoms with Crippen LogP contribution in [0.1, 0.15) is 28.8 Å². The van der Waals surface area contributed by atoms with Crippen molar-refractivity contribution in [3.05, 3.63) is 29.6 Å². The zero-order chi connectivity index (χ0) is 14.8. The van der Waals surface area contributed by atoms with E-state index in [0.29, 0.717) is 24.9 Å². The number of ether oxygens (including phenoxy) is 1. The number of aliphatic carboxylic acids is 1. The Balaban J connectivity index is 2.34. The molecule has 1 saturated heterocycles. The first-order valence-electron chi connectivity index (χ1n) is 6.47. The molecule has 0 saturated carbocycles. The standard InChI is InChI=1S/C14H18N2O4/c1-10-6-11(8-15-7-10)12(17)16-5-3-4-14(16,9-20-2)13(18)19/h6-8H,3-5,9H2,1-2H3,(H,18,19). The molecule has 1 atom stereocenters. The maximum absolute atomic E-state index is 12.6. The number of likely N-dealkylation sites (tertiary alicyclic amines) is 1. The van der Waals surface area contributed by atoms with E-state index in [1.807, 2.05) is 6.92 Å². The molecule has 1 aromatic heterocycles. The molecule has 1 N–H and O–H groups in total. The van der Waals surface area contributed by atoms with E-state index in [9.17, 15) is 14.7 Å². The van der Waals surface area contributed by atoms with Gasteiger partial charge in [-0.05, 0) is 31.4 Å². The van der Waals surface area contributed by atoms with Gasteiger partial charge in [0.2, 0.25) is 0 Å². The third-order valence-corrected chi connectivity index (χ3v) is 3.64. The summed E-state index contributed by atoms with van der Waals surface area (Å²) in [7, 11) is 1.44. The van der Waals surface area contributed by atoms with Gasteiger partial charge in [0.05, 0.1) is 12.2 Å². The van der Waals surface area contributed by atoms with Gasteiger partial charge in [-0.2, -0.15) is 0 Å². The first kappa shape index (κ1) is 14.5. The molecule has 0 aromatic carbocycles. The summed E-state index contributed by atoms with van der Waals surface area (Å²) in [6.45, 7) is 2.25. The number of aryl methyl sites for hydroxylation is 1. The van der Waals surface area contributed by atoms with E-state index in [2.05, 4.69) is 4.98 Å². The predicted octanol–water partition coefficient (Wildman–Crippen LogP) is 1.10. The molecule has 1 fully saturated rings. The number of methoxy groups -OCH3 is 1. The Bertz CT molecular complexity index is 532. The van der Waals surface area contributed by atoms with Crippen molar-refractivity contribution in [1.29, 1.82) is 0 Å². The van der Waals surface area contributed by atoms with E-state index in [1.165, 1.54) is 18.2 Å². The second-order valence-electron chi connectivity index (χ2n) is 5.08. The highest BCUT2D eigenvalue weighted by Crippen LogP contribution is 2.31. The lowest BCUT2D eigenvalue weighted by Gasteiger charge is -2.34. The SMILES string of the molecule is COCC1(C(=O)O)CCCN1C(=O)c1cncc(C)c1. The van der Waals surface area contributed by atoms with Crippen molar-refractivity contribution in [2.75, 3.05) is 20.3 Å². The highest BCUT2D eigenvalue weighted by atomic mass is 16.5. The topological polar surface area (TPSA) is 79.7 Å². The van der Waals surface area contributed by atoms with Crippen molar-refractivity contribution in [2.24, 2.45) is 0 Å². The van der Waals surface area contributed by atoms with Crippen LogP contribution in [0.15, 0.2) is 18.5 Å². The molecule has 108 valence electrons. The van der Waals surface area contributed by atoms with Crippen LogP contribution in [0.4, 0.5) is 0 Å². The molecule has 2 heterocycles. The smallest absolute Gasteiger partial charge is 0.332 e. The van der Waals surface area contributed by atoms with E-state index in [-0.39, 0.29) is 12.5 Å². The summed E-state index contributed by atoms with van der Waals surface area (Å²) in [5.74, 6) is -1.33. The van der Waals surface area contributed by atoms with Crippen molar-refractivity contribution in [3.63, 3.8) is 0 Å². The maximum Gasteiger partial charge on any atom is 0.332 e. The zero-order valence-corrected chi connectivity index (χ0v) is 11.6. The normalized spacial score (nSPS) is 22.0. The lowest BCUT2D eigenvalue weighted by atomic mass is 9.96. The van der Waals surface area contributed by atoms with Gasteiger partial charge in [0, 0.05) is 26.0 Å². The molecule has 6 nitrogen and oxygen atoms in total. The monoisotopic (exact) mass is 278 g/mol. The number of amides is 1. The second-order valence-corrected chi connectivity index (χ2v) is 5.08. The number of carbonyl (C=O) groups excluding carboxylic acids is 1. The van der Waals surface area contributed by atoms with Crippen LogP contribution in [0.2, 0.25) is 0 Å². The summed E-state index contributed by atoms with van der Waals surface area (Å²) in [5.41, 5.74) is 0.00612. The minimum atomic E-state index is -1.27. The molecule has 1 aliphatic heterocycles. The van der Waals surface area contributed by atoms with Crippen molar-refractivity contribution >= 4 is 11.9 Å². The average molecular weight is 278 g/mol. The third kappa shape index (κ3) is 2.38. The Morgan fingerprint density at radius 2 is 2.25 bits per heavy atom. The average Bonchev–Trinajstić information content (AvgIpc) is 2.83. The Hall–Kier alpha value is -1.95. The number of pyridine rings is 1. The molecule has 1 aromatic rings. The fourth-order valence-corrected chi connectivity index (χ4v) is 2.68. The summed E-state index contributed by atoms with van der Waals surface area (Å²) in [6.07, 6.45) is 4.18. The van der Waals surface area contributed by atoms with Gasteiger partial charge in [-0.15, -0.1) is 0 Å². The Morgan fingerprint density at radius 3 is 2.85 bits per heavy atom. The Morgan fingerprint density at radius 1 is 1.50 bits per heavy atom. The molecule has 0 radical (unpaired) electrons. The first-order chi connectivity index (χ1) is 9.51. The van der Waals surface area contributed by atoms with Crippen LogP contribution in [0.5, 0.6) is 0 Å². The molecule has 2 rings (SSSR count). The molecule has 0 bridgehead atoms. The van der Waals surface area contributed by atoms with E-state index in [0.717, 1.165) is 5.56 Å². The third-order valence-electron chi connectivity index (χ3n) is 3.64. The number of aromatic nitrogens is 1. The van der Waals surface area contributed by atoms with Crippen molar-refractivity contribution in [1.82, 2.24) is 9.88 Å². The number of nitrogens with zero attached hydrogens (tertiary/aromatic N) is 2. The van der Waals surface area contributed by atoms with E-state index in [1.54, 1.807) is 12.3 Å². The van der Waals surface area contributed by atoms with Gasteiger partial charge in [-0.1, -0.05) is 0 Å². The second kappa shape index (κ2) is 5.58.